The van der Waals surface area contributed by atoms with E-state index in [-0.39, 0.29) is 0 Å². The summed E-state index contributed by atoms with van der Waals surface area (Å²) in [5.41, 5.74) is 3.15. The van der Waals surface area contributed by atoms with Gasteiger partial charge in [-0.25, -0.2) is 0 Å². The maximum Gasteiger partial charge on any atom is 0.0176 e. The van der Waals surface area contributed by atoms with Crippen LogP contribution in [0.1, 0.15) is 24.5 Å². The van der Waals surface area contributed by atoms with Gasteiger partial charge in [0.1, 0.15) is 0 Å². The fourth-order valence-electron chi connectivity index (χ4n) is 3.73. The number of piperidine rings is 1. The van der Waals surface area contributed by atoms with Gasteiger partial charge in [0, 0.05) is 18.6 Å². The molecule has 2 nitrogen and oxygen atoms in total. The molecule has 1 saturated heterocycles. The van der Waals surface area contributed by atoms with Gasteiger partial charge in [-0.3, -0.25) is 4.90 Å². The van der Waals surface area contributed by atoms with Gasteiger partial charge in [0.2, 0.25) is 0 Å². The van der Waals surface area contributed by atoms with Crippen LogP contribution in [0.5, 0.6) is 0 Å². The van der Waals surface area contributed by atoms with Crippen LogP contribution in [0.25, 0.3) is 0 Å². The number of nitrogens with one attached hydrogen (secondary N) is 1. The van der Waals surface area contributed by atoms with Crippen LogP contribution in [0.15, 0.2) is 24.3 Å². The Morgan fingerprint density at radius 2 is 1.83 bits per heavy atom. The molecule has 2 aliphatic rings. The Morgan fingerprint density at radius 1 is 1.17 bits per heavy atom. The molecule has 2 heteroatoms. The molecule has 2 atom stereocenters. The maximum atomic E-state index is 3.46. The molecule has 0 amide bonds. The summed E-state index contributed by atoms with van der Waals surface area (Å²) >= 11 is 0. The van der Waals surface area contributed by atoms with Crippen molar-refractivity contribution in [2.75, 3.05) is 20.1 Å². The standard InChI is InChI=1S/C16H24N2/c1-12-11-18(8-7-16(12)17-2)15-9-13-5-3-4-6-14(13)10-15/h3-6,12,15-17H,7-11H2,1-2H3. The summed E-state index contributed by atoms with van der Waals surface area (Å²) in [5.74, 6) is 0.771. The van der Waals surface area contributed by atoms with Crippen molar-refractivity contribution in [3.05, 3.63) is 35.4 Å². The number of hydrogen-bond donors (Lipinski definition) is 1. The molecule has 2 unspecified atom stereocenters. The van der Waals surface area contributed by atoms with Crippen LogP contribution in [0.2, 0.25) is 0 Å². The topological polar surface area (TPSA) is 15.3 Å². The zero-order chi connectivity index (χ0) is 12.5. The molecular weight excluding hydrogens is 220 g/mol. The van der Waals surface area contributed by atoms with Gasteiger partial charge >= 0.3 is 0 Å². The van der Waals surface area contributed by atoms with Crippen molar-refractivity contribution in [2.45, 2.75) is 38.3 Å². The van der Waals surface area contributed by atoms with E-state index >= 15 is 0 Å². The molecular formula is C16H24N2. The van der Waals surface area contributed by atoms with Crippen LogP contribution < -0.4 is 5.32 Å². The first-order chi connectivity index (χ1) is 8.78. The lowest BCUT2D eigenvalue weighted by molar-refractivity contribution is 0.110. The highest BCUT2D eigenvalue weighted by Crippen LogP contribution is 2.28. The fourth-order valence-corrected chi connectivity index (χ4v) is 3.73. The molecule has 3 rings (SSSR count). The average molecular weight is 244 g/mol. The summed E-state index contributed by atoms with van der Waals surface area (Å²) < 4.78 is 0. The summed E-state index contributed by atoms with van der Waals surface area (Å²) in [4.78, 5) is 2.72. The SMILES string of the molecule is CNC1CCN(C2Cc3ccccc3C2)CC1C. The summed E-state index contributed by atoms with van der Waals surface area (Å²) in [5, 5.41) is 3.46. The number of hydrogen-bond acceptors (Lipinski definition) is 2. The first kappa shape index (κ1) is 12.2. The molecule has 1 aliphatic heterocycles. The molecule has 0 aromatic heterocycles. The second-order valence-corrected chi connectivity index (χ2v) is 5.99. The van der Waals surface area contributed by atoms with Crippen LogP contribution in [0, 0.1) is 5.92 Å². The maximum absolute atomic E-state index is 3.46. The van der Waals surface area contributed by atoms with E-state index in [1.165, 1.54) is 32.4 Å². The Bertz CT molecular complexity index is 390. The van der Waals surface area contributed by atoms with E-state index in [2.05, 4.69) is 48.5 Å². The van der Waals surface area contributed by atoms with Crippen LogP contribution >= 0.6 is 0 Å². The molecule has 1 aliphatic carbocycles. The Kier molecular flexibility index (Phi) is 3.40. The quantitative estimate of drug-likeness (QED) is 0.857. The second-order valence-electron chi connectivity index (χ2n) is 5.99. The zero-order valence-electron chi connectivity index (χ0n) is 11.5. The minimum Gasteiger partial charge on any atom is -0.317 e. The summed E-state index contributed by atoms with van der Waals surface area (Å²) in [7, 11) is 2.10. The molecule has 1 fully saturated rings. The highest BCUT2D eigenvalue weighted by molar-refractivity contribution is 5.33. The fraction of sp³-hybridized carbons (Fsp3) is 0.625. The minimum absolute atomic E-state index is 0.713. The molecule has 1 N–H and O–H groups in total. The van der Waals surface area contributed by atoms with Crippen molar-refractivity contribution in [2.24, 2.45) is 5.92 Å². The number of nitrogens with zero attached hydrogens (tertiary/aromatic N) is 1. The van der Waals surface area contributed by atoms with E-state index in [0.29, 0.717) is 6.04 Å². The van der Waals surface area contributed by atoms with Gasteiger partial charge in [0.25, 0.3) is 0 Å². The van der Waals surface area contributed by atoms with E-state index < -0.39 is 0 Å². The first-order valence-corrected chi connectivity index (χ1v) is 7.26. The van der Waals surface area contributed by atoms with Crippen molar-refractivity contribution in [3.8, 4) is 0 Å². The van der Waals surface area contributed by atoms with Gasteiger partial charge in [-0.05, 0) is 49.9 Å². The Morgan fingerprint density at radius 3 is 2.39 bits per heavy atom. The van der Waals surface area contributed by atoms with Crippen LogP contribution in [-0.4, -0.2) is 37.1 Å². The average Bonchev–Trinajstić information content (AvgIpc) is 2.82. The van der Waals surface area contributed by atoms with Crippen LogP contribution in [0.4, 0.5) is 0 Å². The highest BCUT2D eigenvalue weighted by atomic mass is 15.2. The molecule has 1 aromatic carbocycles. The molecule has 0 saturated carbocycles. The van der Waals surface area contributed by atoms with Gasteiger partial charge in [-0.2, -0.15) is 0 Å². The highest BCUT2D eigenvalue weighted by Gasteiger charge is 2.32. The molecule has 0 spiro atoms. The Labute approximate surface area is 110 Å². The third-order valence-corrected chi connectivity index (χ3v) is 4.85. The smallest absolute Gasteiger partial charge is 0.0176 e. The molecule has 0 radical (unpaired) electrons. The summed E-state index contributed by atoms with van der Waals surface area (Å²) in [6.45, 7) is 4.90. The van der Waals surface area contributed by atoms with E-state index in [9.17, 15) is 0 Å². The predicted octanol–water partition coefficient (Wildman–Crippen LogP) is 2.08. The lowest BCUT2D eigenvalue weighted by Gasteiger charge is -2.40. The normalized spacial score (nSPS) is 29.4. The lowest BCUT2D eigenvalue weighted by atomic mass is 9.92. The number of likely N-dealkylation sites (tertiary alicyclic amines) is 1. The van der Waals surface area contributed by atoms with Crippen molar-refractivity contribution in [1.29, 1.82) is 0 Å². The van der Waals surface area contributed by atoms with Gasteiger partial charge in [0.05, 0.1) is 0 Å². The largest absolute Gasteiger partial charge is 0.317 e. The van der Waals surface area contributed by atoms with Gasteiger partial charge in [-0.1, -0.05) is 31.2 Å². The number of fused-ring (bicyclic) bond motifs is 1. The third-order valence-electron chi connectivity index (χ3n) is 4.85. The molecule has 0 bridgehead atoms. The summed E-state index contributed by atoms with van der Waals surface area (Å²) in [6, 6.07) is 10.4. The van der Waals surface area contributed by atoms with Gasteiger partial charge in [0.15, 0.2) is 0 Å². The third kappa shape index (κ3) is 2.19. The van der Waals surface area contributed by atoms with E-state index in [4.69, 9.17) is 0 Å². The number of rotatable bonds is 2. The Balaban J connectivity index is 1.65. The van der Waals surface area contributed by atoms with Crippen molar-refractivity contribution in [3.63, 3.8) is 0 Å². The van der Waals surface area contributed by atoms with E-state index in [0.717, 1.165) is 12.0 Å². The first-order valence-electron chi connectivity index (χ1n) is 7.26. The molecule has 18 heavy (non-hydrogen) atoms. The number of benzene rings is 1. The van der Waals surface area contributed by atoms with E-state index in [1.807, 2.05) is 0 Å². The molecule has 1 heterocycles. The monoisotopic (exact) mass is 244 g/mol. The van der Waals surface area contributed by atoms with Crippen LogP contribution in [0.3, 0.4) is 0 Å². The minimum atomic E-state index is 0.713. The zero-order valence-corrected chi connectivity index (χ0v) is 11.5. The van der Waals surface area contributed by atoms with Crippen LogP contribution in [-0.2, 0) is 12.8 Å². The van der Waals surface area contributed by atoms with Crippen molar-refractivity contribution < 1.29 is 0 Å². The summed E-state index contributed by atoms with van der Waals surface area (Å²) in [6.07, 6.45) is 3.81. The van der Waals surface area contributed by atoms with Gasteiger partial charge < -0.3 is 5.32 Å². The second kappa shape index (κ2) is 5.02. The molecule has 1 aromatic rings. The van der Waals surface area contributed by atoms with Gasteiger partial charge in [-0.15, -0.1) is 0 Å². The van der Waals surface area contributed by atoms with E-state index in [1.54, 1.807) is 11.1 Å². The predicted molar refractivity (Wildman–Crippen MR) is 75.8 cm³/mol. The Hall–Kier alpha value is -0.860. The van der Waals surface area contributed by atoms with Crippen molar-refractivity contribution in [1.82, 2.24) is 10.2 Å². The lowest BCUT2D eigenvalue weighted by Crippen LogP contribution is -2.50. The van der Waals surface area contributed by atoms with Crippen molar-refractivity contribution >= 4 is 0 Å². The molecule has 98 valence electrons.